The maximum Gasteiger partial charge on any atom is 0.336 e. The number of esters is 2. The van der Waals surface area contributed by atoms with Crippen LogP contribution in [0.15, 0.2) is 67.3 Å². The van der Waals surface area contributed by atoms with Gasteiger partial charge in [0.15, 0.2) is 0 Å². The molecule has 0 spiro atoms. The van der Waals surface area contributed by atoms with Crippen molar-refractivity contribution in [3.63, 3.8) is 0 Å². The van der Waals surface area contributed by atoms with Crippen LogP contribution >= 0.6 is 0 Å². The highest BCUT2D eigenvalue weighted by molar-refractivity contribution is 5.88. The van der Waals surface area contributed by atoms with Crippen molar-refractivity contribution in [2.75, 3.05) is 0 Å². The largest absolute Gasteiger partial charge is 0.423 e. The predicted molar refractivity (Wildman–Crippen MR) is 88.1 cm³/mol. The third-order valence-corrected chi connectivity index (χ3v) is 2.88. The molecule has 2 aromatic carbocycles. The molecule has 0 bridgehead atoms. The van der Waals surface area contributed by atoms with Gasteiger partial charge in [0.25, 0.3) is 0 Å². The van der Waals surface area contributed by atoms with Crippen LogP contribution in [0.5, 0.6) is 11.5 Å². The number of rotatable bonds is 5. The Labute approximate surface area is 139 Å². The van der Waals surface area contributed by atoms with Gasteiger partial charge in [0.05, 0.1) is 11.6 Å². The fourth-order valence-electron chi connectivity index (χ4n) is 1.72. The zero-order chi connectivity index (χ0) is 17.4. The van der Waals surface area contributed by atoms with Gasteiger partial charge < -0.3 is 9.47 Å². The Balaban J connectivity index is 1.93. The lowest BCUT2D eigenvalue weighted by Gasteiger charge is -2.03. The molecular weight excluding hydrogens is 306 g/mol. The van der Waals surface area contributed by atoms with Gasteiger partial charge in [-0.3, -0.25) is 0 Å². The molecule has 0 fully saturated rings. The van der Waals surface area contributed by atoms with Gasteiger partial charge in [-0.2, -0.15) is 5.26 Å². The van der Waals surface area contributed by atoms with E-state index in [4.69, 9.17) is 14.7 Å². The molecule has 0 aliphatic heterocycles. The van der Waals surface area contributed by atoms with E-state index >= 15 is 0 Å². The molecule has 0 saturated carbocycles. The highest BCUT2D eigenvalue weighted by atomic mass is 16.5. The molecule has 0 aromatic heterocycles. The second-order valence-electron chi connectivity index (χ2n) is 4.58. The summed E-state index contributed by atoms with van der Waals surface area (Å²) in [6, 6.07) is 14.8. The first kappa shape index (κ1) is 16.7. The molecule has 2 rings (SSSR count). The third kappa shape index (κ3) is 4.97. The van der Waals surface area contributed by atoms with Crippen LogP contribution in [0.1, 0.15) is 11.1 Å². The van der Waals surface area contributed by atoms with Gasteiger partial charge in [0.2, 0.25) is 0 Å². The number of carbonyl (C=O) groups is 2. The van der Waals surface area contributed by atoms with E-state index < -0.39 is 11.9 Å². The van der Waals surface area contributed by atoms with Crippen molar-refractivity contribution in [1.82, 2.24) is 0 Å². The molecule has 24 heavy (non-hydrogen) atoms. The number of carbonyl (C=O) groups excluding carboxylic acids is 2. The van der Waals surface area contributed by atoms with E-state index in [1.807, 2.05) is 6.07 Å². The second kappa shape index (κ2) is 8.11. The summed E-state index contributed by atoms with van der Waals surface area (Å²) in [6.07, 6.45) is 3.93. The fourth-order valence-corrected chi connectivity index (χ4v) is 1.72. The molecule has 0 aliphatic carbocycles. The van der Waals surface area contributed by atoms with E-state index in [1.54, 1.807) is 30.3 Å². The van der Waals surface area contributed by atoms with Crippen molar-refractivity contribution in [3.8, 4) is 17.6 Å². The Kier molecular flexibility index (Phi) is 5.65. The standard InChI is InChI=1S/C19H13NO4/c1-2-18(21)23-16-8-10-17(11-9-16)24-19(22)12-7-14-3-5-15(13-20)6-4-14/h2-12H,1H2. The third-order valence-electron chi connectivity index (χ3n) is 2.88. The molecule has 0 N–H and O–H groups in total. The van der Waals surface area contributed by atoms with Crippen LogP contribution in [0.2, 0.25) is 0 Å². The fraction of sp³-hybridized carbons (Fsp3) is 0. The summed E-state index contributed by atoms with van der Waals surface area (Å²) in [4.78, 5) is 22.8. The molecule has 0 aliphatic rings. The van der Waals surface area contributed by atoms with E-state index in [0.29, 0.717) is 17.1 Å². The van der Waals surface area contributed by atoms with E-state index in [0.717, 1.165) is 11.6 Å². The van der Waals surface area contributed by atoms with Crippen LogP contribution in [-0.2, 0) is 9.59 Å². The molecule has 0 unspecified atom stereocenters. The minimum atomic E-state index is -0.565. The predicted octanol–water partition coefficient (Wildman–Crippen LogP) is 3.27. The van der Waals surface area contributed by atoms with Crippen molar-refractivity contribution in [3.05, 3.63) is 78.4 Å². The number of ether oxygens (including phenoxy) is 2. The molecular formula is C19H13NO4. The highest BCUT2D eigenvalue weighted by Crippen LogP contribution is 2.18. The second-order valence-corrected chi connectivity index (χ2v) is 4.58. The summed E-state index contributed by atoms with van der Waals surface area (Å²) in [5.74, 6) is -0.462. The van der Waals surface area contributed by atoms with Crippen molar-refractivity contribution >= 4 is 18.0 Å². The van der Waals surface area contributed by atoms with Gasteiger partial charge in [0, 0.05) is 12.2 Å². The van der Waals surface area contributed by atoms with Gasteiger partial charge in [0.1, 0.15) is 11.5 Å². The molecule has 0 atom stereocenters. The maximum absolute atomic E-state index is 11.8. The molecule has 5 nitrogen and oxygen atoms in total. The zero-order valence-electron chi connectivity index (χ0n) is 12.6. The highest BCUT2D eigenvalue weighted by Gasteiger charge is 2.03. The number of hydrogen-bond acceptors (Lipinski definition) is 5. The van der Waals surface area contributed by atoms with E-state index in [-0.39, 0.29) is 0 Å². The summed E-state index contributed by atoms with van der Waals surface area (Å²) in [5.41, 5.74) is 1.32. The summed E-state index contributed by atoms with van der Waals surface area (Å²) >= 11 is 0. The molecule has 2 aromatic rings. The topological polar surface area (TPSA) is 76.4 Å². The molecule has 5 heteroatoms. The zero-order valence-corrected chi connectivity index (χ0v) is 12.6. The first-order valence-corrected chi connectivity index (χ1v) is 6.95. The van der Waals surface area contributed by atoms with E-state index in [1.165, 1.54) is 30.3 Å². The summed E-state index contributed by atoms with van der Waals surface area (Å²) in [6.45, 7) is 3.30. The number of nitriles is 1. The number of nitrogens with zero attached hydrogens (tertiary/aromatic N) is 1. The minimum Gasteiger partial charge on any atom is -0.423 e. The van der Waals surface area contributed by atoms with Gasteiger partial charge in [-0.25, -0.2) is 9.59 Å². The number of hydrogen-bond donors (Lipinski definition) is 0. The van der Waals surface area contributed by atoms with Crippen LogP contribution in [0.3, 0.4) is 0 Å². The summed E-state index contributed by atoms with van der Waals surface area (Å²) in [7, 11) is 0. The average molecular weight is 319 g/mol. The van der Waals surface area contributed by atoms with Gasteiger partial charge >= 0.3 is 11.9 Å². The Bertz CT molecular complexity index is 812. The molecule has 0 saturated heterocycles. The van der Waals surface area contributed by atoms with Gasteiger partial charge in [-0.05, 0) is 48.0 Å². The molecule has 0 radical (unpaired) electrons. The normalized spacial score (nSPS) is 9.96. The van der Waals surface area contributed by atoms with Crippen LogP contribution in [-0.4, -0.2) is 11.9 Å². The van der Waals surface area contributed by atoms with Gasteiger partial charge in [-0.15, -0.1) is 0 Å². The SMILES string of the molecule is C=CC(=O)Oc1ccc(OC(=O)C=Cc2ccc(C#N)cc2)cc1. The lowest BCUT2D eigenvalue weighted by atomic mass is 10.1. The Morgan fingerprint density at radius 2 is 1.46 bits per heavy atom. The minimum absolute atomic E-state index is 0.322. The van der Waals surface area contributed by atoms with Crippen LogP contribution < -0.4 is 9.47 Å². The van der Waals surface area contributed by atoms with Crippen molar-refractivity contribution < 1.29 is 19.1 Å². The van der Waals surface area contributed by atoms with Gasteiger partial charge in [-0.1, -0.05) is 18.7 Å². The average Bonchev–Trinajstić information content (AvgIpc) is 2.62. The van der Waals surface area contributed by atoms with Crippen LogP contribution in [0.25, 0.3) is 6.08 Å². The summed E-state index contributed by atoms with van der Waals surface area (Å²) in [5, 5.41) is 8.72. The Hall–Kier alpha value is -3.65. The van der Waals surface area contributed by atoms with Crippen molar-refractivity contribution in [2.24, 2.45) is 0 Å². The first-order valence-electron chi connectivity index (χ1n) is 6.95. The lowest BCUT2D eigenvalue weighted by Crippen LogP contribution is -2.05. The summed E-state index contributed by atoms with van der Waals surface area (Å²) < 4.78 is 10.0. The van der Waals surface area contributed by atoms with E-state index in [9.17, 15) is 9.59 Å². The molecule has 118 valence electrons. The number of benzene rings is 2. The quantitative estimate of drug-likeness (QED) is 0.480. The van der Waals surface area contributed by atoms with Crippen molar-refractivity contribution in [2.45, 2.75) is 0 Å². The van der Waals surface area contributed by atoms with Crippen LogP contribution in [0, 0.1) is 11.3 Å². The first-order chi connectivity index (χ1) is 11.6. The van der Waals surface area contributed by atoms with Crippen molar-refractivity contribution in [1.29, 1.82) is 5.26 Å². The lowest BCUT2D eigenvalue weighted by molar-refractivity contribution is -0.130. The maximum atomic E-state index is 11.8. The monoisotopic (exact) mass is 319 g/mol. The molecule has 0 amide bonds. The smallest absolute Gasteiger partial charge is 0.336 e. The van der Waals surface area contributed by atoms with E-state index in [2.05, 4.69) is 6.58 Å². The molecule has 0 heterocycles. The Morgan fingerprint density at radius 3 is 1.96 bits per heavy atom. The Morgan fingerprint density at radius 1 is 0.917 bits per heavy atom. The van der Waals surface area contributed by atoms with Crippen LogP contribution in [0.4, 0.5) is 0 Å².